The molecule has 1 saturated heterocycles. The molecule has 13 nitrogen and oxygen atoms in total. The van der Waals surface area contributed by atoms with E-state index in [4.69, 9.17) is 14.6 Å². The number of hydrogen-bond donors (Lipinski definition) is 7. The fourth-order valence-electron chi connectivity index (χ4n) is 5.76. The van der Waals surface area contributed by atoms with E-state index in [1.807, 2.05) is 6.92 Å². The summed E-state index contributed by atoms with van der Waals surface area (Å²) < 4.78 is 11.0. The molecule has 8 atom stereocenters. The molecule has 0 bridgehead atoms. The van der Waals surface area contributed by atoms with Crippen LogP contribution >= 0.6 is 0 Å². The van der Waals surface area contributed by atoms with Crippen LogP contribution in [0.1, 0.15) is 136 Å². The van der Waals surface area contributed by atoms with Crippen molar-refractivity contribution >= 4 is 23.8 Å². The summed E-state index contributed by atoms with van der Waals surface area (Å²) in [6.45, 7) is 5.07. The highest BCUT2D eigenvalue weighted by atomic mass is 16.7. The van der Waals surface area contributed by atoms with E-state index in [0.717, 1.165) is 38.5 Å². The van der Waals surface area contributed by atoms with Crippen molar-refractivity contribution in [3.8, 4) is 0 Å². The van der Waals surface area contributed by atoms with Crippen LogP contribution in [0.5, 0.6) is 0 Å². The molecule has 274 valence electrons. The number of carbonyl (C=O) groups is 4. The Kier molecular flexibility index (Phi) is 22.5. The van der Waals surface area contributed by atoms with Crippen molar-refractivity contribution in [3.05, 3.63) is 0 Å². The summed E-state index contributed by atoms with van der Waals surface area (Å²) in [5.74, 6) is -4.34. The van der Waals surface area contributed by atoms with Crippen LogP contribution in [0.25, 0.3) is 0 Å². The zero-order valence-electron chi connectivity index (χ0n) is 28.7. The molecular formula is C34H62N2O11. The molecule has 7 N–H and O–H groups in total. The number of unbranched alkanes of at least 4 members (excludes halogenated alkanes) is 12. The van der Waals surface area contributed by atoms with Gasteiger partial charge in [-0.3, -0.25) is 14.4 Å². The van der Waals surface area contributed by atoms with E-state index < -0.39 is 79.6 Å². The van der Waals surface area contributed by atoms with Crippen LogP contribution < -0.4 is 10.6 Å². The summed E-state index contributed by atoms with van der Waals surface area (Å²) in [6.07, 6.45) is 9.71. The van der Waals surface area contributed by atoms with Crippen LogP contribution in [0.3, 0.4) is 0 Å². The Morgan fingerprint density at radius 3 is 1.70 bits per heavy atom. The predicted molar refractivity (Wildman–Crippen MR) is 175 cm³/mol. The molecule has 47 heavy (non-hydrogen) atoms. The first-order chi connectivity index (χ1) is 22.4. The van der Waals surface area contributed by atoms with Crippen molar-refractivity contribution in [2.45, 2.75) is 179 Å². The van der Waals surface area contributed by atoms with Gasteiger partial charge in [0.1, 0.15) is 30.4 Å². The highest BCUT2D eigenvalue weighted by Gasteiger charge is 2.46. The molecule has 2 amide bonds. The zero-order chi connectivity index (χ0) is 35.2. The third-order valence-electron chi connectivity index (χ3n) is 8.74. The van der Waals surface area contributed by atoms with Gasteiger partial charge in [-0.25, -0.2) is 4.79 Å². The quantitative estimate of drug-likeness (QED) is 0.0595. The first kappa shape index (κ1) is 42.7. The second-order valence-electron chi connectivity index (χ2n) is 12.9. The summed E-state index contributed by atoms with van der Waals surface area (Å²) in [5, 5.41) is 53.8. The summed E-state index contributed by atoms with van der Waals surface area (Å²) >= 11 is 0. The van der Waals surface area contributed by atoms with Gasteiger partial charge in [-0.1, -0.05) is 104 Å². The Bertz CT molecular complexity index is 903. The lowest BCUT2D eigenvalue weighted by molar-refractivity contribution is -0.181. The minimum absolute atomic E-state index is 0.372. The van der Waals surface area contributed by atoms with Gasteiger partial charge in [0.15, 0.2) is 6.29 Å². The lowest BCUT2D eigenvalue weighted by Crippen LogP contribution is -2.55. The van der Waals surface area contributed by atoms with Gasteiger partial charge < -0.3 is 45.6 Å². The molecule has 0 spiro atoms. The number of amides is 2. The zero-order valence-corrected chi connectivity index (χ0v) is 28.7. The van der Waals surface area contributed by atoms with Gasteiger partial charge >= 0.3 is 11.9 Å². The number of aliphatic carboxylic acids is 2. The van der Waals surface area contributed by atoms with Crippen molar-refractivity contribution in [2.24, 2.45) is 5.92 Å². The van der Waals surface area contributed by atoms with E-state index in [-0.39, 0.29) is 12.3 Å². The van der Waals surface area contributed by atoms with E-state index in [2.05, 4.69) is 17.6 Å². The molecule has 13 heteroatoms. The van der Waals surface area contributed by atoms with Gasteiger partial charge in [0.05, 0.1) is 12.7 Å². The highest BCUT2D eigenvalue weighted by Crippen LogP contribution is 2.25. The Balaban J connectivity index is 2.81. The van der Waals surface area contributed by atoms with Gasteiger partial charge in [0, 0.05) is 12.3 Å². The van der Waals surface area contributed by atoms with Gasteiger partial charge in [-0.15, -0.1) is 0 Å². The molecule has 1 aliphatic heterocycles. The second kappa shape index (κ2) is 24.8. The number of hydrogen-bond acceptors (Lipinski definition) is 9. The highest BCUT2D eigenvalue weighted by molar-refractivity contribution is 5.91. The van der Waals surface area contributed by atoms with Crippen LogP contribution in [-0.2, 0) is 28.7 Å². The molecule has 0 aliphatic carbocycles. The Morgan fingerprint density at radius 1 is 0.702 bits per heavy atom. The van der Waals surface area contributed by atoms with Crippen LogP contribution in [0.4, 0.5) is 0 Å². The topological polar surface area (TPSA) is 212 Å². The molecule has 0 radical (unpaired) electrons. The number of aliphatic hydroxyl groups excluding tert-OH is 3. The van der Waals surface area contributed by atoms with E-state index in [0.29, 0.717) is 12.8 Å². The molecule has 0 aromatic heterocycles. The molecule has 0 saturated carbocycles. The number of carbonyl (C=O) groups excluding carboxylic acids is 2. The third-order valence-corrected chi connectivity index (χ3v) is 8.74. The number of aliphatic hydroxyl groups is 3. The van der Waals surface area contributed by atoms with E-state index >= 15 is 0 Å². The van der Waals surface area contributed by atoms with Gasteiger partial charge in [-0.05, 0) is 26.2 Å². The lowest BCUT2D eigenvalue weighted by atomic mass is 9.93. The minimum atomic E-state index is -1.54. The number of nitrogens with one attached hydrogen (secondary N) is 2. The molecule has 0 aromatic carbocycles. The first-order valence-electron chi connectivity index (χ1n) is 17.8. The molecule has 1 heterocycles. The average molecular weight is 675 g/mol. The number of carboxylic acid groups (broad SMARTS) is 2. The normalized spacial score (nSPS) is 21.9. The summed E-state index contributed by atoms with van der Waals surface area (Å²) in [6, 6.07) is -2.93. The molecule has 1 unspecified atom stereocenters. The summed E-state index contributed by atoms with van der Waals surface area (Å²) in [5.41, 5.74) is 0. The van der Waals surface area contributed by atoms with Gasteiger partial charge in [0.2, 0.25) is 11.8 Å². The maximum Gasteiger partial charge on any atom is 0.326 e. The molecule has 1 fully saturated rings. The van der Waals surface area contributed by atoms with Gasteiger partial charge in [0.25, 0.3) is 0 Å². The summed E-state index contributed by atoms with van der Waals surface area (Å²) in [4.78, 5) is 49.5. The van der Waals surface area contributed by atoms with E-state index in [9.17, 15) is 39.6 Å². The predicted octanol–water partition coefficient (Wildman–Crippen LogP) is 3.65. The van der Waals surface area contributed by atoms with Crippen LogP contribution in [0, 0.1) is 5.92 Å². The van der Waals surface area contributed by atoms with Crippen molar-refractivity contribution in [1.29, 1.82) is 0 Å². The third kappa shape index (κ3) is 17.6. The number of rotatable bonds is 28. The Hall–Kier alpha value is -2.32. The van der Waals surface area contributed by atoms with E-state index in [1.54, 1.807) is 0 Å². The van der Waals surface area contributed by atoms with Crippen LogP contribution in [-0.4, -0.2) is 98.7 Å². The molecule has 1 rings (SSSR count). The fraction of sp³-hybridized carbons (Fsp3) is 0.882. The largest absolute Gasteiger partial charge is 0.481 e. The molecular weight excluding hydrogens is 612 g/mol. The van der Waals surface area contributed by atoms with Crippen LogP contribution in [0.2, 0.25) is 0 Å². The second-order valence-corrected chi connectivity index (χ2v) is 12.9. The SMILES string of the molecule is CCCCCCCCCCCCCCC(CCCC)C(=O)N[C@H](CO[C@@H]1O[C@H]([C@H](C)O)[C@@H](O)[C@@H]1O)C(=O)N[C@@H](CCC(=O)O)C(=O)O. The Labute approximate surface area is 280 Å². The monoisotopic (exact) mass is 674 g/mol. The lowest BCUT2D eigenvalue weighted by Gasteiger charge is -2.25. The summed E-state index contributed by atoms with van der Waals surface area (Å²) in [7, 11) is 0. The van der Waals surface area contributed by atoms with Crippen LogP contribution in [0.15, 0.2) is 0 Å². The molecule has 0 aromatic rings. The van der Waals surface area contributed by atoms with Gasteiger partial charge in [-0.2, -0.15) is 0 Å². The standard InChI is InChI=1S/C34H62N2O11/c1-4-6-8-9-10-11-12-13-14-15-16-17-19-24(18-7-5-2)31(42)36-26(32(43)35-25(33(44)45)20-21-27(38)39)22-46-34-29(41)28(40)30(47-34)23(3)37/h23-26,28-30,34,37,40-41H,4-22H2,1-3H3,(H,35,43)(H,36,42)(H,38,39)(H,44,45)/t23-,24?,25-,26+,28-,29-,30+,34+/m0/s1. The number of carboxylic acids is 2. The maximum absolute atomic E-state index is 13.5. The smallest absolute Gasteiger partial charge is 0.326 e. The van der Waals surface area contributed by atoms with E-state index in [1.165, 1.54) is 58.3 Å². The van der Waals surface area contributed by atoms with Crippen molar-refractivity contribution in [2.75, 3.05) is 6.61 Å². The maximum atomic E-state index is 13.5. The fourth-order valence-corrected chi connectivity index (χ4v) is 5.76. The Morgan fingerprint density at radius 2 is 1.21 bits per heavy atom. The minimum Gasteiger partial charge on any atom is -0.481 e. The number of ether oxygens (including phenoxy) is 2. The first-order valence-corrected chi connectivity index (χ1v) is 17.8. The van der Waals surface area contributed by atoms with Crippen molar-refractivity contribution in [1.82, 2.24) is 10.6 Å². The van der Waals surface area contributed by atoms with Crippen molar-refractivity contribution < 1.29 is 54.2 Å². The average Bonchev–Trinajstić information content (AvgIpc) is 3.31. The molecule has 1 aliphatic rings. The van der Waals surface area contributed by atoms with Crippen molar-refractivity contribution in [3.63, 3.8) is 0 Å².